The summed E-state index contributed by atoms with van der Waals surface area (Å²) in [5, 5.41) is 7.44. The van der Waals surface area contributed by atoms with Crippen molar-refractivity contribution < 1.29 is 9.53 Å². The lowest BCUT2D eigenvalue weighted by Crippen LogP contribution is -2.25. The third-order valence-electron chi connectivity index (χ3n) is 4.97. The quantitative estimate of drug-likeness (QED) is 0.354. The highest BCUT2D eigenvalue weighted by molar-refractivity contribution is 6.10. The molecule has 4 aromatic rings. The summed E-state index contributed by atoms with van der Waals surface area (Å²) in [4.78, 5) is 22.3. The van der Waals surface area contributed by atoms with Crippen LogP contribution in [-0.4, -0.2) is 40.4 Å². The van der Waals surface area contributed by atoms with E-state index in [2.05, 4.69) is 27.3 Å². The molecule has 0 unspecified atom stereocenters. The Kier molecular flexibility index (Phi) is 5.79. The monoisotopic (exact) mass is 416 g/mol. The van der Waals surface area contributed by atoms with E-state index in [9.17, 15) is 4.79 Å². The Balaban J connectivity index is 1.87. The van der Waals surface area contributed by atoms with Crippen LogP contribution in [0.15, 0.2) is 53.6 Å². The van der Waals surface area contributed by atoms with Gasteiger partial charge in [0.15, 0.2) is 5.65 Å². The number of benzene rings is 2. The van der Waals surface area contributed by atoms with Crippen molar-refractivity contribution in [2.24, 2.45) is 5.10 Å². The summed E-state index contributed by atoms with van der Waals surface area (Å²) in [6.07, 6.45) is 3.49. The second-order valence-corrected chi connectivity index (χ2v) is 7.05. The molecule has 4 rings (SSSR count). The van der Waals surface area contributed by atoms with E-state index in [0.29, 0.717) is 34.5 Å². The van der Waals surface area contributed by atoms with Crippen molar-refractivity contribution in [2.45, 2.75) is 19.8 Å². The topological polar surface area (TPSA) is 107 Å². The Morgan fingerprint density at radius 2 is 1.87 bits per heavy atom. The average molecular weight is 416 g/mol. The number of fused-ring (bicyclic) bond motifs is 2. The molecule has 1 amide bonds. The number of unbranched alkanes of at least 4 members (excludes halogenated alkanes) is 1. The van der Waals surface area contributed by atoms with Crippen LogP contribution in [0.3, 0.4) is 0 Å². The van der Waals surface area contributed by atoms with Gasteiger partial charge in [0, 0.05) is 12.1 Å². The lowest BCUT2D eigenvalue weighted by atomic mass is 10.2. The molecule has 0 aliphatic rings. The molecule has 3 N–H and O–H groups in total. The Hall–Kier alpha value is -3.94. The molecule has 8 heteroatoms. The minimum absolute atomic E-state index is 0.186. The predicted octanol–water partition coefficient (Wildman–Crippen LogP) is 3.59. The van der Waals surface area contributed by atoms with Crippen molar-refractivity contribution in [2.75, 3.05) is 19.4 Å². The minimum Gasteiger partial charge on any atom is -0.496 e. The molecule has 0 fully saturated rings. The number of hydrogen-bond donors (Lipinski definition) is 2. The summed E-state index contributed by atoms with van der Waals surface area (Å²) in [6.45, 7) is 2.63. The standard InChI is InChI=1S/C23H24N6O2/c1-3-4-13-25-23(30)19-20-22(28-17-11-7-6-10-16(17)27-20)29(21(19)24)26-14-15-9-5-8-12-18(15)31-2/h5-12,14H,3-4,13,24H2,1-2H3,(H,25,30)/b26-14-. The lowest BCUT2D eigenvalue weighted by molar-refractivity contribution is 0.0955. The Labute approximate surface area is 179 Å². The van der Waals surface area contributed by atoms with Gasteiger partial charge < -0.3 is 15.8 Å². The third kappa shape index (κ3) is 3.92. The zero-order valence-electron chi connectivity index (χ0n) is 17.5. The lowest BCUT2D eigenvalue weighted by Gasteiger charge is -2.05. The maximum atomic E-state index is 12.9. The van der Waals surface area contributed by atoms with Crippen molar-refractivity contribution in [1.29, 1.82) is 0 Å². The van der Waals surface area contributed by atoms with E-state index < -0.39 is 0 Å². The SMILES string of the molecule is CCCCNC(=O)c1c(N)n(/N=C\c2ccccc2OC)c2nc3ccccc3nc12. The van der Waals surface area contributed by atoms with Crippen LogP contribution in [0.1, 0.15) is 35.7 Å². The van der Waals surface area contributed by atoms with E-state index >= 15 is 0 Å². The van der Waals surface area contributed by atoms with Gasteiger partial charge in [0.2, 0.25) is 0 Å². The van der Waals surface area contributed by atoms with Crippen LogP contribution in [0.25, 0.3) is 22.2 Å². The van der Waals surface area contributed by atoms with Gasteiger partial charge in [0.1, 0.15) is 22.6 Å². The summed E-state index contributed by atoms with van der Waals surface area (Å²) in [5.41, 5.74) is 9.66. The highest BCUT2D eigenvalue weighted by Gasteiger charge is 2.23. The molecule has 8 nitrogen and oxygen atoms in total. The van der Waals surface area contributed by atoms with Crippen LogP contribution in [0, 0.1) is 0 Å². The zero-order chi connectivity index (χ0) is 21.8. The molecule has 2 aromatic carbocycles. The van der Waals surface area contributed by atoms with E-state index in [1.54, 1.807) is 13.3 Å². The first-order valence-corrected chi connectivity index (χ1v) is 10.2. The first-order valence-electron chi connectivity index (χ1n) is 10.2. The Morgan fingerprint density at radius 3 is 2.61 bits per heavy atom. The summed E-state index contributed by atoms with van der Waals surface area (Å²) in [6, 6.07) is 15.0. The van der Waals surface area contributed by atoms with Gasteiger partial charge in [-0.3, -0.25) is 4.79 Å². The van der Waals surface area contributed by atoms with E-state index in [0.717, 1.165) is 18.4 Å². The van der Waals surface area contributed by atoms with E-state index in [-0.39, 0.29) is 17.3 Å². The number of nitrogens with one attached hydrogen (secondary N) is 1. The summed E-state index contributed by atoms with van der Waals surface area (Å²) < 4.78 is 6.84. The second kappa shape index (κ2) is 8.83. The van der Waals surface area contributed by atoms with Crippen molar-refractivity contribution in [3.63, 3.8) is 0 Å². The van der Waals surface area contributed by atoms with Crippen LogP contribution in [0.4, 0.5) is 5.82 Å². The fraction of sp³-hybridized carbons (Fsp3) is 0.217. The number of nitrogens with zero attached hydrogens (tertiary/aromatic N) is 4. The van der Waals surface area contributed by atoms with Gasteiger partial charge in [-0.25, -0.2) is 9.97 Å². The van der Waals surface area contributed by atoms with Gasteiger partial charge >= 0.3 is 0 Å². The molecule has 0 aliphatic heterocycles. The third-order valence-corrected chi connectivity index (χ3v) is 4.97. The number of rotatable bonds is 7. The number of ether oxygens (including phenoxy) is 1. The van der Waals surface area contributed by atoms with Crippen molar-refractivity contribution in [3.8, 4) is 5.75 Å². The zero-order valence-corrected chi connectivity index (χ0v) is 17.5. The first kappa shape index (κ1) is 20.3. The average Bonchev–Trinajstić information content (AvgIpc) is 3.06. The Morgan fingerprint density at radius 1 is 1.16 bits per heavy atom. The molecule has 0 spiro atoms. The van der Waals surface area contributed by atoms with Gasteiger partial charge in [0.05, 0.1) is 24.4 Å². The number of hydrogen-bond acceptors (Lipinski definition) is 6. The fourth-order valence-corrected chi connectivity index (χ4v) is 3.35. The van der Waals surface area contributed by atoms with Crippen LogP contribution in [0.2, 0.25) is 0 Å². The molecule has 2 heterocycles. The number of carbonyl (C=O) groups is 1. The number of nitrogens with two attached hydrogens (primary N) is 1. The number of aromatic nitrogens is 3. The molecule has 0 radical (unpaired) electrons. The van der Waals surface area contributed by atoms with E-state index in [1.165, 1.54) is 4.68 Å². The van der Waals surface area contributed by atoms with Gasteiger partial charge in [-0.15, -0.1) is 0 Å². The van der Waals surface area contributed by atoms with Crippen LogP contribution >= 0.6 is 0 Å². The second-order valence-electron chi connectivity index (χ2n) is 7.05. The van der Waals surface area contributed by atoms with Gasteiger partial charge in [-0.2, -0.15) is 9.78 Å². The van der Waals surface area contributed by atoms with Gasteiger partial charge in [0.25, 0.3) is 5.91 Å². The van der Waals surface area contributed by atoms with E-state index in [4.69, 9.17) is 10.5 Å². The fourth-order valence-electron chi connectivity index (χ4n) is 3.35. The minimum atomic E-state index is -0.285. The number of anilines is 1. The Bertz CT molecular complexity index is 1280. The number of carbonyl (C=O) groups excluding carboxylic acids is 1. The molecule has 0 saturated heterocycles. The number of amides is 1. The molecule has 0 bridgehead atoms. The molecular formula is C23H24N6O2. The first-order chi connectivity index (χ1) is 15.1. The smallest absolute Gasteiger partial charge is 0.257 e. The van der Waals surface area contributed by atoms with Crippen LogP contribution < -0.4 is 15.8 Å². The molecule has 31 heavy (non-hydrogen) atoms. The molecule has 0 atom stereocenters. The number of para-hydroxylation sites is 3. The van der Waals surface area contributed by atoms with Crippen LogP contribution in [-0.2, 0) is 0 Å². The maximum absolute atomic E-state index is 12.9. The maximum Gasteiger partial charge on any atom is 0.257 e. The molecule has 0 aliphatic carbocycles. The van der Waals surface area contributed by atoms with Crippen molar-refractivity contribution >= 4 is 40.1 Å². The van der Waals surface area contributed by atoms with Crippen molar-refractivity contribution in [3.05, 3.63) is 59.7 Å². The molecule has 0 saturated carbocycles. The molecular weight excluding hydrogens is 392 g/mol. The molecule has 158 valence electrons. The van der Waals surface area contributed by atoms with Gasteiger partial charge in [-0.05, 0) is 30.7 Å². The summed E-state index contributed by atoms with van der Waals surface area (Å²) in [7, 11) is 1.60. The van der Waals surface area contributed by atoms with Crippen molar-refractivity contribution in [1.82, 2.24) is 20.0 Å². The summed E-state index contributed by atoms with van der Waals surface area (Å²) in [5.74, 6) is 0.576. The number of nitrogen functional groups attached to an aromatic ring is 1. The van der Waals surface area contributed by atoms with Gasteiger partial charge in [-0.1, -0.05) is 37.6 Å². The highest BCUT2D eigenvalue weighted by Crippen LogP contribution is 2.28. The predicted molar refractivity (Wildman–Crippen MR) is 123 cm³/mol. The largest absolute Gasteiger partial charge is 0.496 e. The number of methoxy groups -OCH3 is 1. The van der Waals surface area contributed by atoms with E-state index in [1.807, 2.05) is 48.5 Å². The van der Waals surface area contributed by atoms with Crippen LogP contribution in [0.5, 0.6) is 5.75 Å². The normalized spacial score (nSPS) is 11.4. The highest BCUT2D eigenvalue weighted by atomic mass is 16.5. The summed E-state index contributed by atoms with van der Waals surface area (Å²) >= 11 is 0. The molecule has 2 aromatic heterocycles.